The topological polar surface area (TPSA) is 100 Å². The molecule has 0 aromatic rings. The van der Waals surface area contributed by atoms with Crippen molar-refractivity contribution in [3.8, 4) is 0 Å². The summed E-state index contributed by atoms with van der Waals surface area (Å²) in [5.74, 6) is 0. The molecule has 1 rings (SSSR count). The van der Waals surface area contributed by atoms with Crippen molar-refractivity contribution in [3.63, 3.8) is 0 Å². The maximum Gasteiger partial charge on any atom is 0.164 e. The van der Waals surface area contributed by atoms with E-state index in [9.17, 15) is 0 Å². The molecule has 8 nitrogen and oxygen atoms in total. The highest BCUT2D eigenvalue weighted by Crippen LogP contribution is 1.92. The Kier molecular flexibility index (Phi) is 10.1. The Morgan fingerprint density at radius 1 is 0.900 bits per heavy atom. The fourth-order valence-corrected chi connectivity index (χ4v) is 2.23. The van der Waals surface area contributed by atoms with Crippen LogP contribution >= 0.6 is 0 Å². The summed E-state index contributed by atoms with van der Waals surface area (Å²) in [6.45, 7) is 8.05. The van der Waals surface area contributed by atoms with Crippen LogP contribution in [0.15, 0.2) is 0 Å². The zero-order valence-electron chi connectivity index (χ0n) is 12.0. The van der Waals surface area contributed by atoms with E-state index in [2.05, 4.69) is 20.4 Å². The number of nitrogens with one attached hydrogen (secondary N) is 2. The molecule has 0 amide bonds. The predicted octanol–water partition coefficient (Wildman–Crippen LogP) is -2.42. The number of aliphatic hydroxyl groups excluding tert-OH is 1. The molecule has 0 spiro atoms. The Hall–Kier alpha value is -0.320. The standard InChI is InChI=1S/C12H28N4O4/c17-12(18)11-16-7-3-13-1-5-15(9-10-20-19)6-2-14-4-8-16/h12-14,17-19H,1-11H2. The van der Waals surface area contributed by atoms with E-state index < -0.39 is 6.29 Å². The smallest absolute Gasteiger partial charge is 0.164 e. The van der Waals surface area contributed by atoms with E-state index in [0.717, 1.165) is 52.4 Å². The van der Waals surface area contributed by atoms with Crippen molar-refractivity contribution in [3.05, 3.63) is 0 Å². The molecule has 120 valence electrons. The molecule has 1 fully saturated rings. The quantitative estimate of drug-likeness (QED) is 0.217. The van der Waals surface area contributed by atoms with Crippen molar-refractivity contribution in [2.24, 2.45) is 0 Å². The van der Waals surface area contributed by atoms with Gasteiger partial charge in [0.15, 0.2) is 6.29 Å². The summed E-state index contributed by atoms with van der Waals surface area (Å²) in [6, 6.07) is 0. The van der Waals surface area contributed by atoms with E-state index >= 15 is 0 Å². The van der Waals surface area contributed by atoms with Crippen molar-refractivity contribution in [2.75, 3.05) is 72.1 Å². The van der Waals surface area contributed by atoms with Gasteiger partial charge in [0.1, 0.15) is 0 Å². The fraction of sp³-hybridized carbons (Fsp3) is 1.00. The minimum Gasteiger partial charge on any atom is -0.367 e. The molecule has 8 heteroatoms. The Balaban J connectivity index is 2.30. The van der Waals surface area contributed by atoms with E-state index in [4.69, 9.17) is 15.5 Å². The molecule has 20 heavy (non-hydrogen) atoms. The number of rotatable bonds is 5. The molecular formula is C12H28N4O4. The van der Waals surface area contributed by atoms with Gasteiger partial charge in [0.25, 0.3) is 0 Å². The summed E-state index contributed by atoms with van der Waals surface area (Å²) in [7, 11) is 0. The van der Waals surface area contributed by atoms with Crippen molar-refractivity contribution < 1.29 is 20.4 Å². The van der Waals surface area contributed by atoms with Gasteiger partial charge in [0.05, 0.1) is 6.61 Å². The molecule has 0 aliphatic carbocycles. The van der Waals surface area contributed by atoms with Crippen LogP contribution in [0.3, 0.4) is 0 Å². The normalized spacial score (nSPS) is 21.6. The Morgan fingerprint density at radius 3 is 1.85 bits per heavy atom. The maximum atomic E-state index is 9.04. The first kappa shape index (κ1) is 17.7. The zero-order valence-corrected chi connectivity index (χ0v) is 12.0. The monoisotopic (exact) mass is 292 g/mol. The number of nitrogens with zero attached hydrogens (tertiary/aromatic N) is 2. The summed E-state index contributed by atoms with van der Waals surface area (Å²) in [6.07, 6.45) is -1.28. The largest absolute Gasteiger partial charge is 0.367 e. The lowest BCUT2D eigenvalue weighted by Crippen LogP contribution is -2.45. The van der Waals surface area contributed by atoms with Gasteiger partial charge in [-0.2, -0.15) is 0 Å². The van der Waals surface area contributed by atoms with Crippen LogP contribution in [-0.2, 0) is 4.89 Å². The maximum absolute atomic E-state index is 9.04. The zero-order chi connectivity index (χ0) is 14.6. The molecule has 1 aliphatic heterocycles. The van der Waals surface area contributed by atoms with E-state index in [1.165, 1.54) is 0 Å². The number of hydrogen-bond donors (Lipinski definition) is 5. The van der Waals surface area contributed by atoms with Gasteiger partial charge in [-0.05, 0) is 0 Å². The number of β-amino-alcohol motifs (C(OH)–C–C–N with tert-alkyl or cyclic N) is 2. The first-order valence-corrected chi connectivity index (χ1v) is 7.21. The second-order valence-electron chi connectivity index (χ2n) is 4.96. The van der Waals surface area contributed by atoms with E-state index in [0.29, 0.717) is 13.2 Å². The highest BCUT2D eigenvalue weighted by molar-refractivity contribution is 4.67. The van der Waals surface area contributed by atoms with Crippen LogP contribution in [0.2, 0.25) is 0 Å². The minimum absolute atomic E-state index is 0.281. The van der Waals surface area contributed by atoms with Crippen LogP contribution in [0.1, 0.15) is 0 Å². The third-order valence-electron chi connectivity index (χ3n) is 3.34. The molecule has 0 aromatic carbocycles. The van der Waals surface area contributed by atoms with Gasteiger partial charge in [0, 0.05) is 65.4 Å². The SMILES string of the molecule is OOCCN1CCNCCN(CC(O)O)CCNCC1. The minimum atomic E-state index is -1.28. The molecule has 0 bridgehead atoms. The number of hydrogen-bond acceptors (Lipinski definition) is 8. The molecule has 1 heterocycles. The molecule has 0 atom stereocenters. The lowest BCUT2D eigenvalue weighted by Gasteiger charge is -2.26. The van der Waals surface area contributed by atoms with Gasteiger partial charge in [-0.1, -0.05) is 0 Å². The van der Waals surface area contributed by atoms with Crippen LogP contribution < -0.4 is 10.6 Å². The van der Waals surface area contributed by atoms with E-state index in [1.807, 2.05) is 4.90 Å². The highest BCUT2D eigenvalue weighted by atomic mass is 17.1. The molecular weight excluding hydrogens is 264 g/mol. The van der Waals surface area contributed by atoms with Gasteiger partial charge in [0.2, 0.25) is 0 Å². The second-order valence-corrected chi connectivity index (χ2v) is 4.96. The molecule has 0 unspecified atom stereocenters. The summed E-state index contributed by atoms with van der Waals surface area (Å²) in [4.78, 5) is 8.39. The van der Waals surface area contributed by atoms with Crippen LogP contribution in [0.4, 0.5) is 0 Å². The van der Waals surface area contributed by atoms with E-state index in [-0.39, 0.29) is 6.54 Å². The summed E-state index contributed by atoms with van der Waals surface area (Å²) in [5, 5.41) is 33.2. The lowest BCUT2D eigenvalue weighted by molar-refractivity contribution is -0.243. The number of aliphatic hydroxyl groups is 2. The van der Waals surface area contributed by atoms with E-state index in [1.54, 1.807) is 0 Å². The summed E-state index contributed by atoms with van der Waals surface area (Å²) < 4.78 is 0. The van der Waals surface area contributed by atoms with Gasteiger partial charge in [-0.15, -0.1) is 0 Å². The Morgan fingerprint density at radius 2 is 1.40 bits per heavy atom. The summed E-state index contributed by atoms with van der Waals surface area (Å²) in [5.41, 5.74) is 0. The lowest BCUT2D eigenvalue weighted by atomic mass is 10.3. The molecule has 0 radical (unpaired) electrons. The van der Waals surface area contributed by atoms with Crippen molar-refractivity contribution >= 4 is 0 Å². The van der Waals surface area contributed by atoms with Crippen molar-refractivity contribution in [2.45, 2.75) is 6.29 Å². The fourth-order valence-electron chi connectivity index (χ4n) is 2.23. The molecule has 1 aliphatic rings. The van der Waals surface area contributed by atoms with Gasteiger partial charge >= 0.3 is 0 Å². The summed E-state index contributed by atoms with van der Waals surface area (Å²) >= 11 is 0. The average molecular weight is 292 g/mol. The Labute approximate surface area is 120 Å². The van der Waals surface area contributed by atoms with Crippen LogP contribution in [-0.4, -0.2) is 104 Å². The third-order valence-corrected chi connectivity index (χ3v) is 3.34. The first-order chi connectivity index (χ1) is 9.72. The van der Waals surface area contributed by atoms with Crippen molar-refractivity contribution in [1.82, 2.24) is 20.4 Å². The Bertz CT molecular complexity index is 220. The molecule has 1 saturated heterocycles. The molecule has 0 aromatic heterocycles. The van der Waals surface area contributed by atoms with Crippen molar-refractivity contribution in [1.29, 1.82) is 0 Å². The molecule has 5 N–H and O–H groups in total. The van der Waals surface area contributed by atoms with Gasteiger partial charge in [-0.3, -0.25) is 15.1 Å². The van der Waals surface area contributed by atoms with Crippen LogP contribution in [0.25, 0.3) is 0 Å². The first-order valence-electron chi connectivity index (χ1n) is 7.21. The predicted molar refractivity (Wildman–Crippen MR) is 75.4 cm³/mol. The van der Waals surface area contributed by atoms with Gasteiger partial charge < -0.3 is 20.8 Å². The average Bonchev–Trinajstić information content (AvgIpc) is 2.40. The third kappa shape index (κ3) is 8.77. The second kappa shape index (κ2) is 11.4. The van der Waals surface area contributed by atoms with Gasteiger partial charge in [-0.25, -0.2) is 4.89 Å². The van der Waals surface area contributed by atoms with Crippen LogP contribution in [0, 0.1) is 0 Å². The highest BCUT2D eigenvalue weighted by Gasteiger charge is 2.10. The molecule has 0 saturated carbocycles. The van der Waals surface area contributed by atoms with Crippen LogP contribution in [0.5, 0.6) is 0 Å².